The molecule has 1 fully saturated rings. The number of halogens is 2. The van der Waals surface area contributed by atoms with Gasteiger partial charge in [0.1, 0.15) is 11.6 Å². The van der Waals surface area contributed by atoms with Gasteiger partial charge in [0, 0.05) is 24.2 Å². The lowest BCUT2D eigenvalue weighted by atomic mass is 10.2. The molecular formula is C13H18F2N2. The van der Waals surface area contributed by atoms with Crippen LogP contribution < -0.4 is 10.6 Å². The molecule has 1 aromatic carbocycles. The van der Waals surface area contributed by atoms with Crippen molar-refractivity contribution in [3.63, 3.8) is 0 Å². The van der Waals surface area contributed by atoms with Gasteiger partial charge in [-0.3, -0.25) is 0 Å². The molecule has 0 amide bonds. The summed E-state index contributed by atoms with van der Waals surface area (Å²) in [4.78, 5) is 0. The zero-order valence-electron chi connectivity index (χ0n) is 9.81. The Morgan fingerprint density at radius 1 is 1.18 bits per heavy atom. The first-order valence-electron chi connectivity index (χ1n) is 6.14. The quantitative estimate of drug-likeness (QED) is 0.714. The van der Waals surface area contributed by atoms with Gasteiger partial charge in [0.15, 0.2) is 0 Å². The summed E-state index contributed by atoms with van der Waals surface area (Å²) in [5, 5.41) is 6.56. The first-order chi connectivity index (χ1) is 8.25. The smallest absolute Gasteiger partial charge is 0.130 e. The van der Waals surface area contributed by atoms with Crippen LogP contribution in [-0.2, 0) is 6.54 Å². The Hall–Kier alpha value is -1.00. The van der Waals surface area contributed by atoms with Crippen LogP contribution in [0.5, 0.6) is 0 Å². The molecule has 0 spiro atoms. The summed E-state index contributed by atoms with van der Waals surface area (Å²) in [5.41, 5.74) is 0.515. The molecule has 0 aromatic heterocycles. The third-order valence-corrected chi connectivity index (χ3v) is 2.87. The van der Waals surface area contributed by atoms with Crippen LogP contribution in [0, 0.1) is 11.6 Å². The van der Waals surface area contributed by atoms with E-state index in [1.54, 1.807) is 0 Å². The Morgan fingerprint density at radius 3 is 2.71 bits per heavy atom. The van der Waals surface area contributed by atoms with E-state index in [9.17, 15) is 8.78 Å². The lowest BCUT2D eigenvalue weighted by Gasteiger charge is -2.06. The molecule has 0 bridgehead atoms. The van der Waals surface area contributed by atoms with Crippen LogP contribution in [0.4, 0.5) is 8.78 Å². The highest BCUT2D eigenvalue weighted by Crippen LogP contribution is 2.18. The predicted octanol–water partition coefficient (Wildman–Crippen LogP) is 2.20. The van der Waals surface area contributed by atoms with Crippen molar-refractivity contribution in [2.75, 3.05) is 13.1 Å². The van der Waals surface area contributed by atoms with Gasteiger partial charge in [-0.15, -0.1) is 0 Å². The third kappa shape index (κ3) is 4.40. The molecule has 17 heavy (non-hydrogen) atoms. The Balaban J connectivity index is 1.60. The molecule has 0 heterocycles. The molecule has 0 unspecified atom stereocenters. The van der Waals surface area contributed by atoms with Crippen LogP contribution >= 0.6 is 0 Å². The maximum absolute atomic E-state index is 13.2. The van der Waals surface area contributed by atoms with Crippen molar-refractivity contribution in [1.29, 1.82) is 0 Å². The van der Waals surface area contributed by atoms with Crippen LogP contribution in [0.3, 0.4) is 0 Å². The summed E-state index contributed by atoms with van der Waals surface area (Å²) in [5.74, 6) is -1.01. The van der Waals surface area contributed by atoms with Gasteiger partial charge >= 0.3 is 0 Å². The summed E-state index contributed by atoms with van der Waals surface area (Å²) in [6, 6.07) is 4.44. The van der Waals surface area contributed by atoms with E-state index in [1.165, 1.54) is 25.0 Å². The molecule has 2 nitrogen and oxygen atoms in total. The predicted molar refractivity (Wildman–Crippen MR) is 63.7 cm³/mol. The van der Waals surface area contributed by atoms with E-state index in [2.05, 4.69) is 10.6 Å². The van der Waals surface area contributed by atoms with Crippen molar-refractivity contribution in [2.24, 2.45) is 0 Å². The van der Waals surface area contributed by atoms with Gasteiger partial charge in [-0.2, -0.15) is 0 Å². The normalized spacial score (nSPS) is 15.2. The Kier molecular flexibility index (Phi) is 4.45. The van der Waals surface area contributed by atoms with Gasteiger partial charge < -0.3 is 10.6 Å². The Morgan fingerprint density at radius 2 is 2.00 bits per heavy atom. The van der Waals surface area contributed by atoms with Gasteiger partial charge in [-0.05, 0) is 38.4 Å². The van der Waals surface area contributed by atoms with E-state index in [0.717, 1.165) is 31.6 Å². The zero-order chi connectivity index (χ0) is 12.1. The summed E-state index contributed by atoms with van der Waals surface area (Å²) in [6.07, 6.45) is 3.63. The molecule has 0 radical (unpaired) electrons. The largest absolute Gasteiger partial charge is 0.314 e. The van der Waals surface area contributed by atoms with Gasteiger partial charge in [0.2, 0.25) is 0 Å². The SMILES string of the molecule is Fc1ccc(CNCCCNC2CC2)c(F)c1. The van der Waals surface area contributed by atoms with Crippen LogP contribution in [0.1, 0.15) is 24.8 Å². The lowest BCUT2D eigenvalue weighted by molar-refractivity contribution is 0.551. The minimum absolute atomic E-state index is 0.454. The standard InChI is InChI=1S/C13H18F2N2/c14-11-3-2-10(13(15)8-11)9-16-6-1-7-17-12-4-5-12/h2-3,8,12,16-17H,1,4-7,9H2. The number of nitrogens with one attached hydrogen (secondary N) is 2. The number of hydrogen-bond acceptors (Lipinski definition) is 2. The molecular weight excluding hydrogens is 222 g/mol. The average Bonchev–Trinajstić information content (AvgIpc) is 3.09. The van der Waals surface area contributed by atoms with E-state index in [1.807, 2.05) is 0 Å². The van der Waals surface area contributed by atoms with Crippen molar-refractivity contribution < 1.29 is 8.78 Å². The van der Waals surface area contributed by atoms with Crippen molar-refractivity contribution in [3.8, 4) is 0 Å². The number of rotatable bonds is 7. The highest BCUT2D eigenvalue weighted by molar-refractivity contribution is 5.18. The molecule has 2 N–H and O–H groups in total. The lowest BCUT2D eigenvalue weighted by Crippen LogP contribution is -2.23. The van der Waals surface area contributed by atoms with Crippen molar-refractivity contribution >= 4 is 0 Å². The monoisotopic (exact) mass is 240 g/mol. The molecule has 94 valence electrons. The maximum atomic E-state index is 13.2. The molecule has 4 heteroatoms. The molecule has 0 saturated heterocycles. The van der Waals surface area contributed by atoms with Gasteiger partial charge in [0.25, 0.3) is 0 Å². The second-order valence-corrected chi connectivity index (χ2v) is 4.49. The van der Waals surface area contributed by atoms with Crippen LogP contribution in [0.25, 0.3) is 0 Å². The average molecular weight is 240 g/mol. The summed E-state index contributed by atoms with van der Waals surface area (Å²) < 4.78 is 25.9. The van der Waals surface area contributed by atoms with Gasteiger partial charge in [0.05, 0.1) is 0 Å². The minimum atomic E-state index is -0.528. The minimum Gasteiger partial charge on any atom is -0.314 e. The topological polar surface area (TPSA) is 24.1 Å². The zero-order valence-corrected chi connectivity index (χ0v) is 9.81. The van der Waals surface area contributed by atoms with Crippen LogP contribution in [0.15, 0.2) is 18.2 Å². The van der Waals surface area contributed by atoms with E-state index >= 15 is 0 Å². The molecule has 2 rings (SSSR count). The fourth-order valence-electron chi connectivity index (χ4n) is 1.70. The van der Waals surface area contributed by atoms with E-state index in [4.69, 9.17) is 0 Å². The molecule has 1 aromatic rings. The number of hydrogen-bond donors (Lipinski definition) is 2. The van der Waals surface area contributed by atoms with E-state index < -0.39 is 11.6 Å². The van der Waals surface area contributed by atoms with Crippen molar-refractivity contribution in [2.45, 2.75) is 31.8 Å². The van der Waals surface area contributed by atoms with Crippen LogP contribution in [-0.4, -0.2) is 19.1 Å². The maximum Gasteiger partial charge on any atom is 0.130 e. The third-order valence-electron chi connectivity index (χ3n) is 2.87. The van der Waals surface area contributed by atoms with E-state index in [0.29, 0.717) is 12.1 Å². The molecule has 1 aliphatic rings. The number of benzene rings is 1. The first-order valence-corrected chi connectivity index (χ1v) is 6.14. The van der Waals surface area contributed by atoms with Gasteiger partial charge in [-0.1, -0.05) is 6.07 Å². The fourth-order valence-corrected chi connectivity index (χ4v) is 1.70. The van der Waals surface area contributed by atoms with Crippen molar-refractivity contribution in [1.82, 2.24) is 10.6 Å². The first kappa shape index (κ1) is 12.5. The van der Waals surface area contributed by atoms with Crippen molar-refractivity contribution in [3.05, 3.63) is 35.4 Å². The van der Waals surface area contributed by atoms with Crippen LogP contribution in [0.2, 0.25) is 0 Å². The Bertz CT molecular complexity index is 364. The fraction of sp³-hybridized carbons (Fsp3) is 0.538. The molecule has 1 aliphatic carbocycles. The highest BCUT2D eigenvalue weighted by Gasteiger charge is 2.19. The summed E-state index contributed by atoms with van der Waals surface area (Å²) in [6.45, 7) is 2.30. The van der Waals surface area contributed by atoms with E-state index in [-0.39, 0.29) is 0 Å². The second kappa shape index (κ2) is 6.07. The molecule has 0 aliphatic heterocycles. The van der Waals surface area contributed by atoms with Gasteiger partial charge in [-0.25, -0.2) is 8.78 Å². The summed E-state index contributed by atoms with van der Waals surface area (Å²) in [7, 11) is 0. The molecule has 0 atom stereocenters. The Labute approximate surface area is 100 Å². The second-order valence-electron chi connectivity index (χ2n) is 4.49. The highest BCUT2D eigenvalue weighted by atomic mass is 19.1. The summed E-state index contributed by atoms with van der Waals surface area (Å²) >= 11 is 0. The molecule has 1 saturated carbocycles.